The van der Waals surface area contributed by atoms with Crippen molar-refractivity contribution in [2.45, 2.75) is 25.8 Å². The summed E-state index contributed by atoms with van der Waals surface area (Å²) in [7, 11) is 1.60. The number of anilines is 1. The minimum Gasteiger partial charge on any atom is -0.497 e. The normalized spacial score (nSPS) is 17.4. The number of ketones is 1. The third-order valence-electron chi connectivity index (χ3n) is 4.28. The molecule has 0 N–H and O–H groups in total. The van der Waals surface area contributed by atoms with Crippen molar-refractivity contribution in [3.63, 3.8) is 0 Å². The molecule has 0 saturated carbocycles. The quantitative estimate of drug-likeness (QED) is 0.813. The lowest BCUT2D eigenvalue weighted by Crippen LogP contribution is -2.39. The highest BCUT2D eigenvalue weighted by atomic mass is 16.5. The number of nitrogens with zero attached hydrogens (tertiary/aromatic N) is 1. The van der Waals surface area contributed by atoms with Crippen LogP contribution in [0, 0.1) is 6.92 Å². The van der Waals surface area contributed by atoms with Crippen molar-refractivity contribution < 1.29 is 14.3 Å². The van der Waals surface area contributed by atoms with Gasteiger partial charge >= 0.3 is 0 Å². The molecule has 118 valence electrons. The van der Waals surface area contributed by atoms with E-state index in [0.29, 0.717) is 18.4 Å². The van der Waals surface area contributed by atoms with Gasteiger partial charge in [0, 0.05) is 17.7 Å². The minimum absolute atomic E-state index is 0.00441. The van der Waals surface area contributed by atoms with Gasteiger partial charge in [0.1, 0.15) is 11.8 Å². The Morgan fingerprint density at radius 3 is 2.48 bits per heavy atom. The molecule has 23 heavy (non-hydrogen) atoms. The van der Waals surface area contributed by atoms with Crippen LogP contribution in [-0.2, 0) is 4.79 Å². The first-order chi connectivity index (χ1) is 11.1. The number of hydrogen-bond acceptors (Lipinski definition) is 3. The Morgan fingerprint density at radius 2 is 1.83 bits per heavy atom. The number of ether oxygens (including phenoxy) is 1. The van der Waals surface area contributed by atoms with E-state index in [1.54, 1.807) is 24.1 Å². The Kier molecular flexibility index (Phi) is 4.15. The predicted molar refractivity (Wildman–Crippen MR) is 89.0 cm³/mol. The maximum absolute atomic E-state index is 12.9. The molecule has 0 aromatic heterocycles. The van der Waals surface area contributed by atoms with Gasteiger partial charge in [-0.15, -0.1) is 0 Å². The van der Waals surface area contributed by atoms with Crippen LogP contribution in [0.1, 0.15) is 28.8 Å². The molecule has 2 aromatic rings. The van der Waals surface area contributed by atoms with E-state index in [1.165, 1.54) is 0 Å². The van der Waals surface area contributed by atoms with Crippen molar-refractivity contribution in [1.82, 2.24) is 0 Å². The summed E-state index contributed by atoms with van der Waals surface area (Å²) in [5.41, 5.74) is 2.36. The molecule has 1 fully saturated rings. The standard InChI is InChI=1S/C19H19NO3/c1-13-5-3-4-6-16(13)19(22)17-11-12-18(21)20(17)14-7-9-15(23-2)10-8-14/h3-10,17H,11-12H2,1-2H3. The van der Waals surface area contributed by atoms with Gasteiger partial charge < -0.3 is 9.64 Å². The number of carbonyl (C=O) groups excluding carboxylic acids is 2. The summed E-state index contributed by atoms with van der Waals surface area (Å²) in [4.78, 5) is 26.8. The van der Waals surface area contributed by atoms with Crippen LogP contribution in [0.25, 0.3) is 0 Å². The molecule has 4 nitrogen and oxygen atoms in total. The number of carbonyl (C=O) groups is 2. The minimum atomic E-state index is -0.433. The summed E-state index contributed by atoms with van der Waals surface area (Å²) < 4.78 is 5.15. The average Bonchev–Trinajstić information content (AvgIpc) is 2.96. The van der Waals surface area contributed by atoms with Crippen LogP contribution in [0.15, 0.2) is 48.5 Å². The lowest BCUT2D eigenvalue weighted by molar-refractivity contribution is -0.117. The zero-order valence-corrected chi connectivity index (χ0v) is 13.3. The van der Waals surface area contributed by atoms with Crippen LogP contribution in [0.5, 0.6) is 5.75 Å². The number of rotatable bonds is 4. The lowest BCUT2D eigenvalue weighted by atomic mass is 9.98. The van der Waals surface area contributed by atoms with E-state index in [-0.39, 0.29) is 11.7 Å². The molecule has 4 heteroatoms. The van der Waals surface area contributed by atoms with Crippen LogP contribution in [0.4, 0.5) is 5.69 Å². The fourth-order valence-corrected chi connectivity index (χ4v) is 3.03. The average molecular weight is 309 g/mol. The number of Topliss-reactive ketones (excluding diaryl/α,β-unsaturated/α-hetero) is 1. The molecule has 0 bridgehead atoms. The molecule has 2 aromatic carbocycles. The fourth-order valence-electron chi connectivity index (χ4n) is 3.03. The SMILES string of the molecule is COc1ccc(N2C(=O)CCC2C(=O)c2ccccc2C)cc1. The smallest absolute Gasteiger partial charge is 0.227 e. The van der Waals surface area contributed by atoms with Crippen molar-refractivity contribution in [1.29, 1.82) is 0 Å². The van der Waals surface area contributed by atoms with Crippen LogP contribution in [-0.4, -0.2) is 24.8 Å². The second-order valence-electron chi connectivity index (χ2n) is 5.70. The van der Waals surface area contributed by atoms with E-state index in [9.17, 15) is 9.59 Å². The molecule has 0 radical (unpaired) electrons. The van der Waals surface area contributed by atoms with Crippen LogP contribution < -0.4 is 9.64 Å². The monoisotopic (exact) mass is 309 g/mol. The van der Waals surface area contributed by atoms with Crippen molar-refractivity contribution in [2.24, 2.45) is 0 Å². The maximum atomic E-state index is 12.9. The van der Waals surface area contributed by atoms with Gasteiger partial charge in [0.25, 0.3) is 0 Å². The number of hydrogen-bond donors (Lipinski definition) is 0. The number of aryl methyl sites for hydroxylation is 1. The summed E-state index contributed by atoms with van der Waals surface area (Å²) in [5, 5.41) is 0. The first-order valence-corrected chi connectivity index (χ1v) is 7.68. The molecule has 0 aliphatic carbocycles. The van der Waals surface area contributed by atoms with Crippen LogP contribution in [0.3, 0.4) is 0 Å². The summed E-state index contributed by atoms with van der Waals surface area (Å²) in [6.07, 6.45) is 0.951. The summed E-state index contributed by atoms with van der Waals surface area (Å²) in [6.45, 7) is 1.92. The number of methoxy groups -OCH3 is 1. The molecule has 1 atom stereocenters. The van der Waals surface area contributed by atoms with Gasteiger partial charge in [-0.25, -0.2) is 0 Å². The molecule has 1 amide bonds. The number of benzene rings is 2. The Bertz CT molecular complexity index is 737. The molecule has 1 saturated heterocycles. The van der Waals surface area contributed by atoms with Gasteiger partial charge in [-0.05, 0) is 43.2 Å². The van der Waals surface area contributed by atoms with Crippen molar-refractivity contribution in [3.8, 4) is 5.75 Å². The van der Waals surface area contributed by atoms with Crippen molar-refractivity contribution >= 4 is 17.4 Å². The Labute approximate surface area is 135 Å². The maximum Gasteiger partial charge on any atom is 0.227 e. The Morgan fingerprint density at radius 1 is 1.13 bits per heavy atom. The van der Waals surface area contributed by atoms with E-state index in [0.717, 1.165) is 17.0 Å². The van der Waals surface area contributed by atoms with E-state index in [2.05, 4.69) is 0 Å². The highest BCUT2D eigenvalue weighted by molar-refractivity contribution is 6.10. The Balaban J connectivity index is 1.93. The zero-order chi connectivity index (χ0) is 16.4. The highest BCUT2D eigenvalue weighted by Gasteiger charge is 2.37. The zero-order valence-electron chi connectivity index (χ0n) is 13.3. The topological polar surface area (TPSA) is 46.6 Å². The van der Waals surface area contributed by atoms with Crippen molar-refractivity contribution in [2.75, 3.05) is 12.0 Å². The number of amides is 1. The third-order valence-corrected chi connectivity index (χ3v) is 4.28. The highest BCUT2D eigenvalue weighted by Crippen LogP contribution is 2.30. The molecule has 3 rings (SSSR count). The second kappa shape index (κ2) is 6.24. The predicted octanol–water partition coefficient (Wildman–Crippen LogP) is 3.38. The molecule has 1 unspecified atom stereocenters. The largest absolute Gasteiger partial charge is 0.497 e. The van der Waals surface area contributed by atoms with Gasteiger partial charge in [0.05, 0.1) is 7.11 Å². The molecule has 1 aliphatic rings. The van der Waals surface area contributed by atoms with E-state index < -0.39 is 6.04 Å². The molecular formula is C19H19NO3. The first-order valence-electron chi connectivity index (χ1n) is 7.68. The fraction of sp³-hybridized carbons (Fsp3) is 0.263. The molecule has 0 spiro atoms. The van der Waals surface area contributed by atoms with Gasteiger partial charge in [0.15, 0.2) is 5.78 Å². The molecule has 1 heterocycles. The van der Waals surface area contributed by atoms with E-state index in [4.69, 9.17) is 4.74 Å². The summed E-state index contributed by atoms with van der Waals surface area (Å²) in [6, 6.07) is 14.3. The van der Waals surface area contributed by atoms with E-state index in [1.807, 2.05) is 43.3 Å². The van der Waals surface area contributed by atoms with Gasteiger partial charge in [-0.2, -0.15) is 0 Å². The molecular weight excluding hydrogens is 290 g/mol. The van der Waals surface area contributed by atoms with Crippen LogP contribution in [0.2, 0.25) is 0 Å². The first kappa shape index (κ1) is 15.3. The van der Waals surface area contributed by atoms with E-state index >= 15 is 0 Å². The van der Waals surface area contributed by atoms with Crippen molar-refractivity contribution in [3.05, 3.63) is 59.7 Å². The second-order valence-corrected chi connectivity index (χ2v) is 5.70. The van der Waals surface area contributed by atoms with Gasteiger partial charge in [-0.3, -0.25) is 9.59 Å². The van der Waals surface area contributed by atoms with Gasteiger partial charge in [0.2, 0.25) is 5.91 Å². The molecule has 1 aliphatic heterocycles. The lowest BCUT2D eigenvalue weighted by Gasteiger charge is -2.24. The summed E-state index contributed by atoms with van der Waals surface area (Å²) in [5.74, 6) is 0.717. The van der Waals surface area contributed by atoms with Crippen LogP contribution >= 0.6 is 0 Å². The van der Waals surface area contributed by atoms with Gasteiger partial charge in [-0.1, -0.05) is 24.3 Å². The third kappa shape index (κ3) is 2.84. The Hall–Kier alpha value is -2.62. The summed E-state index contributed by atoms with van der Waals surface area (Å²) >= 11 is 0.